The first-order chi connectivity index (χ1) is 17.5. The SMILES string of the molecule is CC(C)c1[nH]nc2cc(O)c(-c3nnc(C(=O)NC4CC4)n3-c3ccc(N4CCOCC4)cc3)cc12. The maximum absolute atomic E-state index is 13.1. The maximum atomic E-state index is 13.1. The molecule has 186 valence electrons. The zero-order chi connectivity index (χ0) is 24.8. The molecule has 2 fully saturated rings. The molecule has 10 nitrogen and oxygen atoms in total. The molecule has 0 bridgehead atoms. The molecule has 4 aromatic rings. The van der Waals surface area contributed by atoms with Crippen molar-refractivity contribution in [2.24, 2.45) is 0 Å². The Morgan fingerprint density at radius 3 is 2.53 bits per heavy atom. The average Bonchev–Trinajstić information content (AvgIpc) is 3.43. The van der Waals surface area contributed by atoms with Gasteiger partial charge in [-0.2, -0.15) is 5.10 Å². The Kier molecular flexibility index (Phi) is 5.60. The fourth-order valence-corrected chi connectivity index (χ4v) is 4.65. The van der Waals surface area contributed by atoms with E-state index in [4.69, 9.17) is 4.74 Å². The van der Waals surface area contributed by atoms with E-state index in [2.05, 4.69) is 44.5 Å². The molecule has 0 atom stereocenters. The van der Waals surface area contributed by atoms with Crippen LogP contribution in [0.1, 0.15) is 48.9 Å². The minimum absolute atomic E-state index is 0.0250. The third-order valence-electron chi connectivity index (χ3n) is 6.78. The molecular weight excluding hydrogens is 458 g/mol. The third-order valence-corrected chi connectivity index (χ3v) is 6.78. The summed E-state index contributed by atoms with van der Waals surface area (Å²) < 4.78 is 7.19. The Hall–Kier alpha value is -3.92. The van der Waals surface area contributed by atoms with Gasteiger partial charge in [0.15, 0.2) is 5.82 Å². The van der Waals surface area contributed by atoms with Crippen LogP contribution in [0.5, 0.6) is 5.75 Å². The Bertz CT molecular complexity index is 1410. The number of nitrogens with zero attached hydrogens (tertiary/aromatic N) is 5. The number of ether oxygens (including phenoxy) is 1. The van der Waals surface area contributed by atoms with Gasteiger partial charge in [0.1, 0.15) is 5.75 Å². The molecule has 2 aromatic heterocycles. The number of amides is 1. The topological polar surface area (TPSA) is 121 Å². The van der Waals surface area contributed by atoms with Crippen molar-refractivity contribution in [3.8, 4) is 22.8 Å². The highest BCUT2D eigenvalue weighted by molar-refractivity contribution is 5.94. The van der Waals surface area contributed by atoms with Crippen LogP contribution in [0.25, 0.3) is 28.0 Å². The summed E-state index contributed by atoms with van der Waals surface area (Å²) >= 11 is 0. The van der Waals surface area contributed by atoms with Crippen LogP contribution in [-0.4, -0.2) is 68.3 Å². The minimum atomic E-state index is -0.278. The molecule has 1 saturated heterocycles. The molecule has 0 unspecified atom stereocenters. The van der Waals surface area contributed by atoms with E-state index in [1.807, 2.05) is 30.3 Å². The highest BCUT2D eigenvalue weighted by atomic mass is 16.5. The number of hydrogen-bond acceptors (Lipinski definition) is 7. The van der Waals surface area contributed by atoms with Gasteiger partial charge < -0.3 is 20.1 Å². The van der Waals surface area contributed by atoms with Crippen LogP contribution >= 0.6 is 0 Å². The molecule has 1 amide bonds. The van der Waals surface area contributed by atoms with Crippen LogP contribution in [0.2, 0.25) is 0 Å². The zero-order valence-corrected chi connectivity index (χ0v) is 20.4. The molecular formula is C26H29N7O3. The number of benzene rings is 2. The molecule has 10 heteroatoms. The lowest BCUT2D eigenvalue weighted by Gasteiger charge is -2.29. The van der Waals surface area contributed by atoms with Crippen molar-refractivity contribution in [1.82, 2.24) is 30.3 Å². The molecule has 1 aliphatic heterocycles. The summed E-state index contributed by atoms with van der Waals surface area (Å²) in [6.07, 6.45) is 1.94. The number of hydrogen-bond donors (Lipinski definition) is 3. The Morgan fingerprint density at radius 2 is 1.83 bits per heavy atom. The summed E-state index contributed by atoms with van der Waals surface area (Å²) in [5, 5.41) is 30.9. The van der Waals surface area contributed by atoms with Crippen LogP contribution in [0, 0.1) is 0 Å². The molecule has 2 aromatic carbocycles. The van der Waals surface area contributed by atoms with Gasteiger partial charge >= 0.3 is 0 Å². The van der Waals surface area contributed by atoms with Crippen LogP contribution < -0.4 is 10.2 Å². The number of aromatic amines is 1. The minimum Gasteiger partial charge on any atom is -0.507 e. The number of carbonyl (C=O) groups excluding carboxylic acids is 1. The van der Waals surface area contributed by atoms with Crippen molar-refractivity contribution < 1.29 is 14.6 Å². The zero-order valence-electron chi connectivity index (χ0n) is 20.4. The van der Waals surface area contributed by atoms with Gasteiger partial charge in [0.2, 0.25) is 5.82 Å². The highest BCUT2D eigenvalue weighted by Gasteiger charge is 2.29. The van der Waals surface area contributed by atoms with Gasteiger partial charge in [-0.25, -0.2) is 0 Å². The van der Waals surface area contributed by atoms with Crippen molar-refractivity contribution in [2.45, 2.75) is 38.6 Å². The number of morpholine rings is 1. The molecule has 3 heterocycles. The Morgan fingerprint density at radius 1 is 1.11 bits per heavy atom. The molecule has 2 aliphatic rings. The van der Waals surface area contributed by atoms with Gasteiger partial charge in [0.05, 0.1) is 24.3 Å². The molecule has 0 spiro atoms. The number of phenols is 1. The lowest BCUT2D eigenvalue weighted by molar-refractivity contribution is 0.0938. The lowest BCUT2D eigenvalue weighted by Crippen LogP contribution is -2.36. The summed E-state index contributed by atoms with van der Waals surface area (Å²) in [6, 6.07) is 11.6. The fourth-order valence-electron chi connectivity index (χ4n) is 4.65. The van der Waals surface area contributed by atoms with Crippen LogP contribution in [0.4, 0.5) is 5.69 Å². The second-order valence-corrected chi connectivity index (χ2v) is 9.72. The van der Waals surface area contributed by atoms with Crippen molar-refractivity contribution in [1.29, 1.82) is 0 Å². The van der Waals surface area contributed by atoms with Gasteiger partial charge in [-0.05, 0) is 49.1 Å². The number of rotatable bonds is 6. The summed E-state index contributed by atoms with van der Waals surface area (Å²) in [6.45, 7) is 7.25. The quantitative estimate of drug-likeness (QED) is 0.381. The highest BCUT2D eigenvalue weighted by Crippen LogP contribution is 2.36. The van der Waals surface area contributed by atoms with Crippen molar-refractivity contribution in [3.05, 3.63) is 47.9 Å². The van der Waals surface area contributed by atoms with Crippen molar-refractivity contribution in [3.63, 3.8) is 0 Å². The number of anilines is 1. The van der Waals surface area contributed by atoms with E-state index in [1.54, 1.807) is 10.6 Å². The van der Waals surface area contributed by atoms with Crippen LogP contribution in [-0.2, 0) is 4.74 Å². The molecule has 1 saturated carbocycles. The largest absolute Gasteiger partial charge is 0.507 e. The van der Waals surface area contributed by atoms with E-state index >= 15 is 0 Å². The Labute approximate surface area is 208 Å². The van der Waals surface area contributed by atoms with Gasteiger partial charge in [-0.1, -0.05) is 13.8 Å². The molecule has 1 aliphatic carbocycles. The van der Waals surface area contributed by atoms with E-state index in [0.717, 1.165) is 48.4 Å². The molecule has 6 rings (SSSR count). The molecule has 0 radical (unpaired) electrons. The van der Waals surface area contributed by atoms with E-state index in [1.165, 1.54) is 0 Å². The number of phenolic OH excluding ortho intramolecular Hbond substituents is 1. The predicted octanol–water partition coefficient (Wildman–Crippen LogP) is 3.37. The number of H-pyrrole nitrogens is 1. The number of aromatic hydroxyl groups is 1. The van der Waals surface area contributed by atoms with Gasteiger partial charge in [-0.15, -0.1) is 10.2 Å². The number of carbonyl (C=O) groups is 1. The molecule has 3 N–H and O–H groups in total. The summed E-state index contributed by atoms with van der Waals surface area (Å²) in [5.74, 6) is 0.548. The first-order valence-electron chi connectivity index (χ1n) is 12.4. The van der Waals surface area contributed by atoms with E-state index < -0.39 is 0 Å². The maximum Gasteiger partial charge on any atom is 0.289 e. The first-order valence-corrected chi connectivity index (χ1v) is 12.4. The number of fused-ring (bicyclic) bond motifs is 1. The van der Waals surface area contributed by atoms with Crippen LogP contribution in [0.15, 0.2) is 36.4 Å². The number of aromatic nitrogens is 5. The lowest BCUT2D eigenvalue weighted by atomic mass is 10.0. The Balaban J connectivity index is 1.46. The van der Waals surface area contributed by atoms with Gasteiger partial charge in [0.25, 0.3) is 5.91 Å². The summed E-state index contributed by atoms with van der Waals surface area (Å²) in [4.78, 5) is 15.4. The predicted molar refractivity (Wildman–Crippen MR) is 136 cm³/mol. The summed E-state index contributed by atoms with van der Waals surface area (Å²) in [5.41, 5.74) is 3.96. The van der Waals surface area contributed by atoms with Gasteiger partial charge in [-0.3, -0.25) is 14.5 Å². The third kappa shape index (κ3) is 4.07. The van der Waals surface area contributed by atoms with E-state index in [0.29, 0.717) is 30.1 Å². The van der Waals surface area contributed by atoms with Gasteiger partial charge in [0, 0.05) is 47.7 Å². The normalized spacial score (nSPS) is 16.1. The van der Waals surface area contributed by atoms with Crippen molar-refractivity contribution in [2.75, 3.05) is 31.2 Å². The van der Waals surface area contributed by atoms with Crippen LogP contribution in [0.3, 0.4) is 0 Å². The molecule has 36 heavy (non-hydrogen) atoms. The fraction of sp³-hybridized carbons (Fsp3) is 0.385. The van der Waals surface area contributed by atoms with E-state index in [-0.39, 0.29) is 29.4 Å². The average molecular weight is 488 g/mol. The second kappa shape index (κ2) is 8.94. The smallest absolute Gasteiger partial charge is 0.289 e. The monoisotopic (exact) mass is 487 g/mol. The standard InChI is InChI=1S/C26H29N7O3/c1-15(2)23-19-13-20(22(34)14-21(19)28-29-23)24-30-31-25(26(35)27-16-3-4-16)33(24)18-7-5-17(6-8-18)32-9-11-36-12-10-32/h5-8,13-16,34H,3-4,9-12H2,1-2H3,(H,27,35)(H,28,29). The first kappa shape index (κ1) is 22.5. The van der Waals surface area contributed by atoms with Crippen molar-refractivity contribution >= 4 is 22.5 Å². The second-order valence-electron chi connectivity index (χ2n) is 9.72. The summed E-state index contributed by atoms with van der Waals surface area (Å²) in [7, 11) is 0. The van der Waals surface area contributed by atoms with E-state index in [9.17, 15) is 9.90 Å². The number of nitrogens with one attached hydrogen (secondary N) is 2.